The van der Waals surface area contributed by atoms with Crippen LogP contribution < -0.4 is 4.90 Å². The van der Waals surface area contributed by atoms with E-state index < -0.39 is 15.6 Å². The van der Waals surface area contributed by atoms with Crippen molar-refractivity contribution >= 4 is 27.1 Å². The summed E-state index contributed by atoms with van der Waals surface area (Å²) in [6.45, 7) is 0.846. The Morgan fingerprint density at radius 2 is 1.90 bits per heavy atom. The Morgan fingerprint density at radius 1 is 1.25 bits per heavy atom. The third-order valence-corrected chi connectivity index (χ3v) is 5.29. The van der Waals surface area contributed by atoms with Crippen LogP contribution in [0.25, 0.3) is 0 Å². The zero-order valence-electron chi connectivity index (χ0n) is 10.8. The first-order valence-corrected chi connectivity index (χ1v) is 8.49. The van der Waals surface area contributed by atoms with Crippen LogP contribution in [-0.4, -0.2) is 32.6 Å². The molecule has 0 N–H and O–H groups in total. The van der Waals surface area contributed by atoms with E-state index in [0.717, 1.165) is 31.5 Å². The molecule has 1 heterocycles. The van der Waals surface area contributed by atoms with Gasteiger partial charge in [-0.15, -0.1) is 11.6 Å². The molecule has 0 bridgehead atoms. The van der Waals surface area contributed by atoms with Gasteiger partial charge < -0.3 is 4.90 Å². The first-order valence-electron chi connectivity index (χ1n) is 6.41. The Hall–Kier alpha value is -0.880. The first-order chi connectivity index (χ1) is 9.46. The van der Waals surface area contributed by atoms with Crippen LogP contribution in [-0.2, 0) is 9.84 Å². The summed E-state index contributed by atoms with van der Waals surface area (Å²) in [7, 11) is -4.52. The number of sulfone groups is 1. The lowest BCUT2D eigenvalue weighted by atomic mass is 10.0. The molecule has 1 unspecified atom stereocenters. The SMILES string of the molecule is O=S(=O)(c1ccc(N2CCCCC2CCl)cc1)C(F)F. The monoisotopic (exact) mass is 323 g/mol. The summed E-state index contributed by atoms with van der Waals surface area (Å²) in [6, 6.07) is 5.82. The quantitative estimate of drug-likeness (QED) is 0.798. The van der Waals surface area contributed by atoms with Gasteiger partial charge in [-0.25, -0.2) is 8.42 Å². The van der Waals surface area contributed by atoms with E-state index in [9.17, 15) is 17.2 Å². The molecule has 0 saturated carbocycles. The fourth-order valence-corrected chi connectivity index (χ4v) is 3.47. The lowest BCUT2D eigenvalue weighted by molar-refractivity contribution is 0.234. The molecular formula is C13H16ClF2NO2S. The summed E-state index contributed by atoms with van der Waals surface area (Å²) in [5.74, 6) is -2.89. The predicted molar refractivity (Wildman–Crippen MR) is 75.3 cm³/mol. The van der Waals surface area contributed by atoms with E-state index >= 15 is 0 Å². The smallest absolute Gasteiger partial charge is 0.341 e. The lowest BCUT2D eigenvalue weighted by Gasteiger charge is -2.36. The molecule has 1 aromatic carbocycles. The van der Waals surface area contributed by atoms with Crippen molar-refractivity contribution in [1.82, 2.24) is 0 Å². The summed E-state index contributed by atoms with van der Waals surface area (Å²) in [5, 5.41) is 0. The zero-order chi connectivity index (χ0) is 14.8. The predicted octanol–water partition coefficient (Wildman–Crippen LogP) is 3.28. The number of hydrogen-bond acceptors (Lipinski definition) is 3. The van der Waals surface area contributed by atoms with Crippen LogP contribution in [0.1, 0.15) is 19.3 Å². The molecule has 1 saturated heterocycles. The van der Waals surface area contributed by atoms with Gasteiger partial charge in [-0.1, -0.05) is 0 Å². The van der Waals surface area contributed by atoms with Gasteiger partial charge in [-0.3, -0.25) is 0 Å². The van der Waals surface area contributed by atoms with E-state index in [1.807, 2.05) is 0 Å². The third-order valence-electron chi connectivity index (χ3n) is 3.54. The Balaban J connectivity index is 2.24. The number of benzene rings is 1. The molecule has 112 valence electrons. The third kappa shape index (κ3) is 3.06. The molecule has 0 amide bonds. The number of alkyl halides is 3. The van der Waals surface area contributed by atoms with Crippen LogP contribution in [0.5, 0.6) is 0 Å². The van der Waals surface area contributed by atoms with Crippen molar-refractivity contribution in [3.63, 3.8) is 0 Å². The highest BCUT2D eigenvalue weighted by Gasteiger charge is 2.27. The van der Waals surface area contributed by atoms with Gasteiger partial charge in [0.25, 0.3) is 0 Å². The molecule has 1 atom stereocenters. The molecule has 20 heavy (non-hydrogen) atoms. The highest BCUT2D eigenvalue weighted by Crippen LogP contribution is 2.27. The number of anilines is 1. The normalized spacial score (nSPS) is 20.4. The van der Waals surface area contributed by atoms with Gasteiger partial charge in [0, 0.05) is 24.2 Å². The highest BCUT2D eigenvalue weighted by molar-refractivity contribution is 7.91. The van der Waals surface area contributed by atoms with E-state index in [4.69, 9.17) is 11.6 Å². The van der Waals surface area contributed by atoms with Crippen molar-refractivity contribution in [2.45, 2.75) is 36.0 Å². The first kappa shape index (κ1) is 15.5. The van der Waals surface area contributed by atoms with Gasteiger partial charge in [0.05, 0.1) is 4.90 Å². The van der Waals surface area contributed by atoms with Gasteiger partial charge >= 0.3 is 5.76 Å². The Morgan fingerprint density at radius 3 is 2.45 bits per heavy atom. The summed E-state index contributed by atoms with van der Waals surface area (Å²) >= 11 is 5.93. The number of rotatable bonds is 4. The second kappa shape index (κ2) is 6.26. The number of hydrogen-bond donors (Lipinski definition) is 0. The number of halogens is 3. The molecule has 1 fully saturated rings. The average Bonchev–Trinajstić information content (AvgIpc) is 2.47. The summed E-state index contributed by atoms with van der Waals surface area (Å²) in [6.07, 6.45) is 3.15. The fourth-order valence-electron chi connectivity index (χ4n) is 2.43. The molecule has 7 heteroatoms. The number of piperidine rings is 1. The van der Waals surface area contributed by atoms with Crippen LogP contribution in [0.4, 0.5) is 14.5 Å². The minimum Gasteiger partial charge on any atom is -0.367 e. The largest absolute Gasteiger partial charge is 0.367 e. The maximum absolute atomic E-state index is 12.5. The fraction of sp³-hybridized carbons (Fsp3) is 0.538. The van der Waals surface area contributed by atoms with Crippen LogP contribution in [0, 0.1) is 0 Å². The van der Waals surface area contributed by atoms with Crippen molar-refractivity contribution in [2.75, 3.05) is 17.3 Å². The zero-order valence-corrected chi connectivity index (χ0v) is 12.4. The summed E-state index contributed by atoms with van der Waals surface area (Å²) in [5.41, 5.74) is 0.823. The second-order valence-electron chi connectivity index (χ2n) is 4.80. The topological polar surface area (TPSA) is 37.4 Å². The van der Waals surface area contributed by atoms with E-state index in [-0.39, 0.29) is 10.9 Å². The molecule has 0 aliphatic carbocycles. The van der Waals surface area contributed by atoms with E-state index in [1.165, 1.54) is 12.1 Å². The molecular weight excluding hydrogens is 308 g/mol. The number of nitrogens with zero attached hydrogens (tertiary/aromatic N) is 1. The van der Waals surface area contributed by atoms with Crippen LogP contribution in [0.3, 0.4) is 0 Å². The maximum Gasteiger partial charge on any atom is 0.341 e. The second-order valence-corrected chi connectivity index (χ2v) is 7.02. The Labute approximate surface area is 122 Å². The van der Waals surface area contributed by atoms with Gasteiger partial charge in [-0.05, 0) is 43.5 Å². The van der Waals surface area contributed by atoms with Crippen molar-refractivity contribution in [2.24, 2.45) is 0 Å². The van der Waals surface area contributed by atoms with E-state index in [0.29, 0.717) is 5.88 Å². The molecule has 1 aliphatic heterocycles. The summed E-state index contributed by atoms with van der Waals surface area (Å²) < 4.78 is 47.6. The van der Waals surface area contributed by atoms with Crippen molar-refractivity contribution in [1.29, 1.82) is 0 Å². The molecule has 3 nitrogen and oxygen atoms in total. The van der Waals surface area contributed by atoms with Gasteiger partial charge in [0.2, 0.25) is 9.84 Å². The molecule has 1 aromatic rings. The Bertz CT molecular complexity index is 548. The molecule has 0 spiro atoms. The van der Waals surface area contributed by atoms with Crippen LogP contribution >= 0.6 is 11.6 Å². The lowest BCUT2D eigenvalue weighted by Crippen LogP contribution is -2.40. The van der Waals surface area contributed by atoms with Crippen LogP contribution in [0.2, 0.25) is 0 Å². The van der Waals surface area contributed by atoms with Gasteiger partial charge in [0.1, 0.15) is 0 Å². The summed E-state index contributed by atoms with van der Waals surface area (Å²) in [4.78, 5) is 1.76. The molecule has 0 radical (unpaired) electrons. The maximum atomic E-state index is 12.5. The van der Waals surface area contributed by atoms with Gasteiger partial charge in [-0.2, -0.15) is 8.78 Å². The Kier molecular flexibility index (Phi) is 4.86. The standard InChI is InChI=1S/C13H16ClF2NO2S/c14-9-11-3-1-2-8-17(11)10-4-6-12(7-5-10)20(18,19)13(15)16/h4-7,11,13H,1-3,8-9H2. The van der Waals surface area contributed by atoms with E-state index in [2.05, 4.69) is 4.90 Å². The molecule has 1 aliphatic rings. The van der Waals surface area contributed by atoms with Crippen molar-refractivity contribution in [3.05, 3.63) is 24.3 Å². The molecule has 2 rings (SSSR count). The minimum atomic E-state index is -4.52. The minimum absolute atomic E-state index is 0.211. The molecule has 0 aromatic heterocycles. The van der Waals surface area contributed by atoms with Crippen LogP contribution in [0.15, 0.2) is 29.2 Å². The van der Waals surface area contributed by atoms with E-state index in [1.54, 1.807) is 12.1 Å². The van der Waals surface area contributed by atoms with Gasteiger partial charge in [0.15, 0.2) is 0 Å². The van der Waals surface area contributed by atoms with Crippen molar-refractivity contribution in [3.8, 4) is 0 Å². The highest BCUT2D eigenvalue weighted by atomic mass is 35.5. The average molecular weight is 324 g/mol. The van der Waals surface area contributed by atoms with Crippen molar-refractivity contribution < 1.29 is 17.2 Å².